The lowest BCUT2D eigenvalue weighted by Gasteiger charge is -2.61. The van der Waals surface area contributed by atoms with Gasteiger partial charge >= 0.3 is 0 Å². The molecule has 5 aliphatic rings. The Labute approximate surface area is 167 Å². The van der Waals surface area contributed by atoms with E-state index in [4.69, 9.17) is 18.9 Å². The number of piperidine rings is 1. The summed E-state index contributed by atoms with van der Waals surface area (Å²) >= 11 is 0. The summed E-state index contributed by atoms with van der Waals surface area (Å²) in [6.45, 7) is 2.43. The summed E-state index contributed by atoms with van der Waals surface area (Å²) in [6, 6.07) is 4.98. The monoisotopic (exact) mass is 385 g/mol. The zero-order chi connectivity index (χ0) is 19.1. The van der Waals surface area contributed by atoms with Crippen LogP contribution < -0.4 is 9.47 Å². The zero-order valence-electron chi connectivity index (χ0n) is 17.2. The van der Waals surface area contributed by atoms with Crippen molar-refractivity contribution in [3.8, 4) is 11.5 Å². The second-order valence-corrected chi connectivity index (χ2v) is 9.49. The second-order valence-electron chi connectivity index (χ2n) is 9.49. The molecule has 0 aromatic heterocycles. The molecule has 0 amide bonds. The Hall–Kier alpha value is -1.30. The van der Waals surface area contributed by atoms with Gasteiger partial charge in [0.1, 0.15) is 0 Å². The quantitative estimate of drug-likeness (QED) is 0.729. The highest BCUT2D eigenvalue weighted by Crippen LogP contribution is 2.66. The average molecular weight is 386 g/mol. The van der Waals surface area contributed by atoms with Crippen LogP contribution in [0.4, 0.5) is 0 Å². The van der Waals surface area contributed by atoms with E-state index in [-0.39, 0.29) is 11.5 Å². The summed E-state index contributed by atoms with van der Waals surface area (Å²) in [4.78, 5) is 2.81. The maximum atomic E-state index is 6.73. The fraction of sp³-hybridized carbons (Fsp3) is 0.739. The minimum absolute atomic E-state index is 0.0214. The largest absolute Gasteiger partial charge is 0.493 e. The highest BCUT2D eigenvalue weighted by atomic mass is 16.7. The third kappa shape index (κ3) is 2.03. The fourth-order valence-electron chi connectivity index (χ4n) is 7.11. The molecule has 2 unspecified atom stereocenters. The SMILES string of the molecule is COc1ccc2c3c1OC1C(OC)(OC)CCC4[C@H](C2)N(CC2CC2)CC[C@]341. The molecule has 3 fully saturated rings. The van der Waals surface area contributed by atoms with Crippen LogP contribution in [0.3, 0.4) is 0 Å². The summed E-state index contributed by atoms with van der Waals surface area (Å²) < 4.78 is 24.5. The van der Waals surface area contributed by atoms with Crippen molar-refractivity contribution in [3.63, 3.8) is 0 Å². The van der Waals surface area contributed by atoms with Crippen molar-refractivity contribution >= 4 is 0 Å². The summed E-state index contributed by atoms with van der Waals surface area (Å²) in [6.07, 6.45) is 6.99. The molecule has 2 saturated carbocycles. The maximum absolute atomic E-state index is 6.73. The van der Waals surface area contributed by atoms with E-state index in [1.165, 1.54) is 30.5 Å². The van der Waals surface area contributed by atoms with E-state index in [9.17, 15) is 0 Å². The van der Waals surface area contributed by atoms with Gasteiger partial charge in [-0.2, -0.15) is 0 Å². The first-order chi connectivity index (χ1) is 13.7. The van der Waals surface area contributed by atoms with E-state index >= 15 is 0 Å². The van der Waals surface area contributed by atoms with Crippen LogP contribution in [0.25, 0.3) is 0 Å². The number of hydrogen-bond donors (Lipinski definition) is 0. The Bertz CT molecular complexity index is 802. The highest BCUT2D eigenvalue weighted by Gasteiger charge is 2.70. The minimum Gasteiger partial charge on any atom is -0.493 e. The van der Waals surface area contributed by atoms with Crippen molar-refractivity contribution in [2.45, 2.75) is 61.9 Å². The molecule has 1 spiro atoms. The van der Waals surface area contributed by atoms with Gasteiger partial charge in [0.15, 0.2) is 17.6 Å². The number of hydrogen-bond acceptors (Lipinski definition) is 5. The molecule has 1 saturated heterocycles. The van der Waals surface area contributed by atoms with E-state index in [0.29, 0.717) is 12.0 Å². The van der Waals surface area contributed by atoms with Crippen molar-refractivity contribution in [1.82, 2.24) is 4.90 Å². The fourth-order valence-corrected chi connectivity index (χ4v) is 7.11. The molecule has 2 aliphatic heterocycles. The topological polar surface area (TPSA) is 40.2 Å². The molecule has 2 heterocycles. The lowest BCUT2D eigenvalue weighted by Crippen LogP contribution is -2.71. The molecule has 1 aromatic carbocycles. The van der Waals surface area contributed by atoms with Crippen LogP contribution >= 0.6 is 0 Å². The molecule has 5 nitrogen and oxygen atoms in total. The molecular weight excluding hydrogens is 354 g/mol. The molecule has 2 bridgehead atoms. The number of nitrogens with zero attached hydrogens (tertiary/aromatic N) is 1. The minimum atomic E-state index is -0.682. The van der Waals surface area contributed by atoms with Crippen molar-refractivity contribution in [2.24, 2.45) is 11.8 Å². The highest BCUT2D eigenvalue weighted by molar-refractivity contribution is 5.61. The Morgan fingerprint density at radius 1 is 1.11 bits per heavy atom. The van der Waals surface area contributed by atoms with E-state index in [0.717, 1.165) is 49.6 Å². The van der Waals surface area contributed by atoms with Crippen molar-refractivity contribution in [1.29, 1.82) is 0 Å². The van der Waals surface area contributed by atoms with Gasteiger partial charge in [-0.15, -0.1) is 0 Å². The summed E-state index contributed by atoms with van der Waals surface area (Å²) in [5.74, 6) is 2.64. The number of ether oxygens (including phenoxy) is 4. The standard InChI is InChI=1S/C23H31NO4/c1-25-18-7-6-15-12-17-16-8-9-23(26-2,27-3)21-22(16,19(15)20(18)28-21)10-11-24(17)13-14-4-5-14/h6-7,14,16-17,21H,4-5,8-13H2,1-3H3/t16?,17-,21?,22+/m0/s1. The van der Waals surface area contributed by atoms with Gasteiger partial charge < -0.3 is 18.9 Å². The lowest BCUT2D eigenvalue weighted by atomic mass is 9.50. The Kier molecular flexibility index (Phi) is 3.68. The lowest BCUT2D eigenvalue weighted by molar-refractivity contribution is -0.292. The van der Waals surface area contributed by atoms with E-state index in [1.807, 2.05) is 0 Å². The number of benzene rings is 1. The van der Waals surface area contributed by atoms with Gasteiger partial charge in [-0.1, -0.05) is 6.07 Å². The molecule has 5 heteroatoms. The van der Waals surface area contributed by atoms with Gasteiger partial charge in [0.2, 0.25) is 5.79 Å². The van der Waals surface area contributed by atoms with Crippen LogP contribution in [0, 0.1) is 11.8 Å². The second kappa shape index (κ2) is 5.87. The molecular formula is C23H31NO4. The van der Waals surface area contributed by atoms with E-state index < -0.39 is 5.79 Å². The van der Waals surface area contributed by atoms with Crippen molar-refractivity contribution in [3.05, 3.63) is 23.3 Å². The molecule has 0 N–H and O–H groups in total. The molecule has 0 radical (unpaired) electrons. The maximum Gasteiger partial charge on any atom is 0.206 e. The van der Waals surface area contributed by atoms with Gasteiger partial charge in [0.25, 0.3) is 0 Å². The summed E-state index contributed by atoms with van der Waals surface area (Å²) in [7, 11) is 5.28. The van der Waals surface area contributed by atoms with Crippen LogP contribution in [-0.2, 0) is 21.3 Å². The number of rotatable bonds is 5. The Balaban J connectivity index is 1.53. The predicted octanol–water partition coefficient (Wildman–Crippen LogP) is 3.13. The van der Waals surface area contributed by atoms with Gasteiger partial charge in [-0.3, -0.25) is 4.90 Å². The third-order valence-corrected chi connectivity index (χ3v) is 8.52. The summed E-state index contributed by atoms with van der Waals surface area (Å²) in [5.41, 5.74) is 2.83. The Morgan fingerprint density at radius 3 is 2.64 bits per heavy atom. The van der Waals surface area contributed by atoms with Gasteiger partial charge in [-0.05, 0) is 62.1 Å². The van der Waals surface area contributed by atoms with Crippen molar-refractivity contribution < 1.29 is 18.9 Å². The number of likely N-dealkylation sites (tertiary alicyclic amines) is 1. The zero-order valence-corrected chi connectivity index (χ0v) is 17.2. The van der Waals surface area contributed by atoms with Crippen LogP contribution in [0.1, 0.15) is 43.2 Å². The first-order valence-corrected chi connectivity index (χ1v) is 10.9. The average Bonchev–Trinajstić information content (AvgIpc) is 3.47. The third-order valence-electron chi connectivity index (χ3n) is 8.52. The number of methoxy groups -OCH3 is 3. The van der Waals surface area contributed by atoms with Gasteiger partial charge in [0.05, 0.1) is 7.11 Å². The molecule has 1 aromatic rings. The van der Waals surface area contributed by atoms with Gasteiger partial charge in [0, 0.05) is 44.2 Å². The normalized spacial score (nSPS) is 37.3. The first-order valence-electron chi connectivity index (χ1n) is 10.9. The van der Waals surface area contributed by atoms with Crippen LogP contribution in [0.2, 0.25) is 0 Å². The van der Waals surface area contributed by atoms with Gasteiger partial charge in [-0.25, -0.2) is 0 Å². The Morgan fingerprint density at radius 2 is 1.93 bits per heavy atom. The molecule has 3 aliphatic carbocycles. The molecule has 28 heavy (non-hydrogen) atoms. The molecule has 152 valence electrons. The van der Waals surface area contributed by atoms with Crippen LogP contribution in [0.5, 0.6) is 11.5 Å². The van der Waals surface area contributed by atoms with Crippen LogP contribution in [-0.4, -0.2) is 57.3 Å². The van der Waals surface area contributed by atoms with Crippen molar-refractivity contribution in [2.75, 3.05) is 34.4 Å². The van der Waals surface area contributed by atoms with Crippen LogP contribution in [0.15, 0.2) is 12.1 Å². The molecule has 6 rings (SSSR count). The predicted molar refractivity (Wildman–Crippen MR) is 105 cm³/mol. The first kappa shape index (κ1) is 17.5. The summed E-state index contributed by atoms with van der Waals surface area (Å²) in [5, 5.41) is 0. The van der Waals surface area contributed by atoms with E-state index in [1.54, 1.807) is 21.3 Å². The smallest absolute Gasteiger partial charge is 0.206 e. The molecule has 4 atom stereocenters. The van der Waals surface area contributed by atoms with E-state index in [2.05, 4.69) is 17.0 Å².